The van der Waals surface area contributed by atoms with Gasteiger partial charge in [-0.25, -0.2) is 15.0 Å². The molecular weight excluding hydrogens is 278 g/mol. The van der Waals surface area contributed by atoms with Gasteiger partial charge >= 0.3 is 0 Å². The van der Waals surface area contributed by atoms with Crippen molar-refractivity contribution in [2.24, 2.45) is 11.8 Å². The second-order valence-electron chi connectivity index (χ2n) is 6.51. The zero-order valence-corrected chi connectivity index (χ0v) is 13.1. The van der Waals surface area contributed by atoms with Crippen molar-refractivity contribution in [2.45, 2.75) is 20.4 Å². The molecular formula is C16H21N5O. The van der Waals surface area contributed by atoms with Crippen molar-refractivity contribution in [2.75, 3.05) is 31.1 Å². The zero-order chi connectivity index (χ0) is 15.1. The number of nitrogens with zero attached hydrogens (tertiary/aromatic N) is 5. The van der Waals surface area contributed by atoms with Crippen molar-refractivity contribution in [1.82, 2.24) is 19.9 Å². The SMILES string of the molecule is Cc1cnc(CN2CC3CN(c4ncncc4C)CC3C2)o1. The van der Waals surface area contributed by atoms with Crippen LogP contribution in [0.1, 0.15) is 17.2 Å². The molecule has 0 bridgehead atoms. The van der Waals surface area contributed by atoms with Crippen molar-refractivity contribution in [3.05, 3.63) is 35.9 Å². The number of rotatable bonds is 3. The van der Waals surface area contributed by atoms with E-state index in [1.165, 1.54) is 0 Å². The van der Waals surface area contributed by atoms with Gasteiger partial charge in [0.1, 0.15) is 17.9 Å². The Hall–Kier alpha value is -1.95. The Balaban J connectivity index is 1.39. The van der Waals surface area contributed by atoms with Gasteiger partial charge in [-0.1, -0.05) is 0 Å². The smallest absolute Gasteiger partial charge is 0.208 e. The Kier molecular flexibility index (Phi) is 3.33. The number of hydrogen-bond acceptors (Lipinski definition) is 6. The lowest BCUT2D eigenvalue weighted by atomic mass is 10.0. The molecule has 2 aromatic rings. The van der Waals surface area contributed by atoms with Gasteiger partial charge in [-0.15, -0.1) is 0 Å². The Labute approximate surface area is 130 Å². The fourth-order valence-electron chi connectivity index (χ4n) is 3.78. The summed E-state index contributed by atoms with van der Waals surface area (Å²) in [5.41, 5.74) is 1.16. The summed E-state index contributed by atoms with van der Waals surface area (Å²) in [7, 11) is 0. The normalized spacial score (nSPS) is 24.9. The summed E-state index contributed by atoms with van der Waals surface area (Å²) in [6.07, 6.45) is 5.34. The van der Waals surface area contributed by atoms with Crippen LogP contribution in [0, 0.1) is 25.7 Å². The Morgan fingerprint density at radius 2 is 1.86 bits per heavy atom. The van der Waals surface area contributed by atoms with Gasteiger partial charge in [0, 0.05) is 37.9 Å². The molecule has 2 atom stereocenters. The molecule has 4 rings (SSSR count). The number of oxazole rings is 1. The lowest BCUT2D eigenvalue weighted by molar-refractivity contribution is 0.271. The lowest BCUT2D eigenvalue weighted by Crippen LogP contribution is -2.29. The Morgan fingerprint density at radius 1 is 1.09 bits per heavy atom. The molecule has 2 fully saturated rings. The van der Waals surface area contributed by atoms with Crippen LogP contribution in [0.2, 0.25) is 0 Å². The van der Waals surface area contributed by atoms with Gasteiger partial charge in [0.25, 0.3) is 0 Å². The van der Waals surface area contributed by atoms with E-state index in [1.807, 2.05) is 13.1 Å². The zero-order valence-electron chi connectivity index (χ0n) is 13.1. The van der Waals surface area contributed by atoms with Crippen molar-refractivity contribution < 1.29 is 4.42 Å². The summed E-state index contributed by atoms with van der Waals surface area (Å²) in [6.45, 7) is 9.26. The fraction of sp³-hybridized carbons (Fsp3) is 0.562. The molecule has 4 heterocycles. The van der Waals surface area contributed by atoms with E-state index in [2.05, 4.69) is 31.7 Å². The van der Waals surface area contributed by atoms with Crippen LogP contribution in [0.3, 0.4) is 0 Å². The van der Waals surface area contributed by atoms with Crippen LogP contribution in [0.25, 0.3) is 0 Å². The lowest BCUT2D eigenvalue weighted by Gasteiger charge is -2.22. The van der Waals surface area contributed by atoms with Crippen LogP contribution in [-0.2, 0) is 6.54 Å². The third-order valence-electron chi connectivity index (χ3n) is 4.76. The van der Waals surface area contributed by atoms with Crippen LogP contribution in [0.4, 0.5) is 5.82 Å². The number of likely N-dealkylation sites (tertiary alicyclic amines) is 1. The molecule has 2 saturated heterocycles. The molecule has 2 unspecified atom stereocenters. The van der Waals surface area contributed by atoms with E-state index >= 15 is 0 Å². The minimum atomic E-state index is 0.713. The molecule has 116 valence electrons. The number of aromatic nitrogens is 3. The average molecular weight is 299 g/mol. The average Bonchev–Trinajstić information content (AvgIpc) is 3.14. The molecule has 2 aromatic heterocycles. The highest BCUT2D eigenvalue weighted by Crippen LogP contribution is 2.34. The molecule has 2 aliphatic rings. The largest absolute Gasteiger partial charge is 0.445 e. The maximum atomic E-state index is 5.59. The molecule has 0 amide bonds. The van der Waals surface area contributed by atoms with Crippen molar-refractivity contribution >= 4 is 5.82 Å². The minimum Gasteiger partial charge on any atom is -0.445 e. The van der Waals surface area contributed by atoms with Crippen molar-refractivity contribution in [3.63, 3.8) is 0 Å². The second-order valence-corrected chi connectivity index (χ2v) is 6.51. The predicted molar refractivity (Wildman–Crippen MR) is 82.5 cm³/mol. The predicted octanol–water partition coefficient (Wildman–Crippen LogP) is 1.65. The Bertz CT molecular complexity index is 656. The van der Waals surface area contributed by atoms with Gasteiger partial charge in [-0.3, -0.25) is 4.90 Å². The van der Waals surface area contributed by atoms with E-state index < -0.39 is 0 Å². The summed E-state index contributed by atoms with van der Waals surface area (Å²) >= 11 is 0. The first-order valence-electron chi connectivity index (χ1n) is 7.84. The minimum absolute atomic E-state index is 0.713. The molecule has 0 aliphatic carbocycles. The molecule has 22 heavy (non-hydrogen) atoms. The summed E-state index contributed by atoms with van der Waals surface area (Å²) in [5, 5.41) is 0. The fourth-order valence-corrected chi connectivity index (χ4v) is 3.78. The topological polar surface area (TPSA) is 58.3 Å². The summed E-state index contributed by atoms with van der Waals surface area (Å²) in [5.74, 6) is 4.25. The third-order valence-corrected chi connectivity index (χ3v) is 4.76. The molecule has 0 aromatic carbocycles. The van der Waals surface area contributed by atoms with Gasteiger partial charge in [-0.05, 0) is 25.7 Å². The van der Waals surface area contributed by atoms with Gasteiger partial charge < -0.3 is 9.32 Å². The van der Waals surface area contributed by atoms with E-state index in [0.29, 0.717) is 11.8 Å². The Morgan fingerprint density at radius 3 is 2.50 bits per heavy atom. The number of anilines is 1. The first kappa shape index (κ1) is 13.7. The van der Waals surface area contributed by atoms with Crippen LogP contribution >= 0.6 is 0 Å². The van der Waals surface area contributed by atoms with E-state index in [0.717, 1.165) is 55.8 Å². The highest BCUT2D eigenvalue weighted by atomic mass is 16.4. The van der Waals surface area contributed by atoms with E-state index in [-0.39, 0.29) is 0 Å². The molecule has 6 heteroatoms. The molecule has 0 N–H and O–H groups in total. The molecule has 0 saturated carbocycles. The first-order valence-corrected chi connectivity index (χ1v) is 7.84. The standard InChI is InChI=1S/C16H21N5O/c1-11-3-17-10-19-16(11)21-7-13-5-20(6-14(13)8-21)9-15-18-4-12(2)22-15/h3-4,10,13-14H,5-9H2,1-2H3. The molecule has 2 aliphatic heterocycles. The van der Waals surface area contributed by atoms with Crippen LogP contribution in [-0.4, -0.2) is 46.0 Å². The van der Waals surface area contributed by atoms with E-state index in [9.17, 15) is 0 Å². The monoisotopic (exact) mass is 299 g/mol. The number of aryl methyl sites for hydroxylation is 2. The molecule has 0 radical (unpaired) electrons. The summed E-state index contributed by atoms with van der Waals surface area (Å²) < 4.78 is 5.59. The summed E-state index contributed by atoms with van der Waals surface area (Å²) in [6, 6.07) is 0. The molecule has 6 nitrogen and oxygen atoms in total. The number of hydrogen-bond donors (Lipinski definition) is 0. The van der Waals surface area contributed by atoms with Crippen molar-refractivity contribution in [3.8, 4) is 0 Å². The molecule has 0 spiro atoms. The van der Waals surface area contributed by atoms with Gasteiger partial charge in [-0.2, -0.15) is 0 Å². The summed E-state index contributed by atoms with van der Waals surface area (Å²) in [4.78, 5) is 17.7. The maximum Gasteiger partial charge on any atom is 0.208 e. The van der Waals surface area contributed by atoms with Crippen LogP contribution in [0.15, 0.2) is 23.1 Å². The highest BCUT2D eigenvalue weighted by Gasteiger charge is 2.40. The first-order chi connectivity index (χ1) is 10.7. The van der Waals surface area contributed by atoms with Crippen LogP contribution < -0.4 is 4.90 Å². The van der Waals surface area contributed by atoms with Crippen LogP contribution in [0.5, 0.6) is 0 Å². The van der Waals surface area contributed by atoms with Crippen molar-refractivity contribution in [1.29, 1.82) is 0 Å². The van der Waals surface area contributed by atoms with Gasteiger partial charge in [0.05, 0.1) is 12.7 Å². The van der Waals surface area contributed by atoms with E-state index in [1.54, 1.807) is 12.5 Å². The quantitative estimate of drug-likeness (QED) is 0.859. The highest BCUT2D eigenvalue weighted by molar-refractivity contribution is 5.46. The third kappa shape index (κ3) is 2.47. The number of fused-ring (bicyclic) bond motifs is 1. The van der Waals surface area contributed by atoms with Gasteiger partial charge in [0.15, 0.2) is 0 Å². The second kappa shape index (κ2) is 5.35. The van der Waals surface area contributed by atoms with E-state index in [4.69, 9.17) is 4.42 Å². The maximum absolute atomic E-state index is 5.59. The van der Waals surface area contributed by atoms with Gasteiger partial charge in [0.2, 0.25) is 5.89 Å².